The lowest BCUT2D eigenvalue weighted by molar-refractivity contribution is -0.141. The molecule has 1 saturated heterocycles. The smallest absolute Gasteiger partial charge is 0.320 e. The number of rotatable bonds is 12. The lowest BCUT2D eigenvalue weighted by atomic mass is 9.87. The molecule has 0 aromatic heterocycles. The molecule has 0 radical (unpaired) electrons. The Hall–Kier alpha value is -2.24. The molecule has 0 spiro atoms. The first kappa shape index (κ1) is 27.8. The number of aryl methyl sites for hydroxylation is 1. The minimum absolute atomic E-state index is 0.119. The predicted molar refractivity (Wildman–Crippen MR) is 148 cm³/mol. The Balaban J connectivity index is 1.29. The van der Waals surface area contributed by atoms with Crippen molar-refractivity contribution in [2.75, 3.05) is 19.6 Å². The second-order valence-electron chi connectivity index (χ2n) is 11.6. The van der Waals surface area contributed by atoms with Gasteiger partial charge < -0.3 is 15.3 Å². The fourth-order valence-corrected chi connectivity index (χ4v) is 6.58. The van der Waals surface area contributed by atoms with Gasteiger partial charge >= 0.3 is 5.97 Å². The standard InChI is InChI=1S/C32H45FN2O2/c1-3-23(2)31(32(36)37)34-29-20-27(30(21-29)26-10-5-4-6-11-26)22-35-18-16-25(17-19-35)9-7-8-24-12-14-28(33)15-13-24/h4-6,10-15,23,25,27,29-31,34H,3,7-9,16-22H2,1-2H3,(H,36,37)/t23-,27+,29?,30+,31-/m0/s1. The summed E-state index contributed by atoms with van der Waals surface area (Å²) in [6, 6.07) is 17.5. The molecule has 1 unspecified atom stereocenters. The van der Waals surface area contributed by atoms with Crippen LogP contribution in [0.3, 0.4) is 0 Å². The normalized spacial score (nSPS) is 24.7. The Morgan fingerprint density at radius 3 is 2.43 bits per heavy atom. The van der Waals surface area contributed by atoms with Crippen LogP contribution in [0.2, 0.25) is 0 Å². The van der Waals surface area contributed by atoms with Crippen molar-refractivity contribution in [1.82, 2.24) is 10.2 Å². The summed E-state index contributed by atoms with van der Waals surface area (Å²) < 4.78 is 13.1. The number of halogens is 1. The molecule has 2 N–H and O–H groups in total. The van der Waals surface area contributed by atoms with Gasteiger partial charge in [-0.25, -0.2) is 4.39 Å². The third-order valence-corrected chi connectivity index (χ3v) is 9.01. The summed E-state index contributed by atoms with van der Waals surface area (Å²) in [7, 11) is 0. The first-order chi connectivity index (χ1) is 17.9. The number of nitrogens with one attached hydrogen (secondary N) is 1. The monoisotopic (exact) mass is 508 g/mol. The molecule has 1 saturated carbocycles. The molecule has 37 heavy (non-hydrogen) atoms. The zero-order valence-electron chi connectivity index (χ0n) is 22.6. The van der Waals surface area contributed by atoms with E-state index < -0.39 is 12.0 Å². The number of benzene rings is 2. The van der Waals surface area contributed by atoms with Crippen molar-refractivity contribution in [3.05, 3.63) is 71.5 Å². The van der Waals surface area contributed by atoms with Crippen molar-refractivity contribution in [2.45, 2.75) is 83.2 Å². The van der Waals surface area contributed by atoms with Crippen LogP contribution >= 0.6 is 0 Å². The third kappa shape index (κ3) is 7.87. The molecule has 0 bridgehead atoms. The Bertz CT molecular complexity index is 959. The van der Waals surface area contributed by atoms with Gasteiger partial charge in [0.2, 0.25) is 0 Å². The lowest BCUT2D eigenvalue weighted by Crippen LogP contribution is -2.46. The van der Waals surface area contributed by atoms with E-state index in [-0.39, 0.29) is 17.8 Å². The average Bonchev–Trinajstić information content (AvgIpc) is 3.31. The van der Waals surface area contributed by atoms with Crippen molar-refractivity contribution in [3.63, 3.8) is 0 Å². The Labute approximate surface area is 222 Å². The van der Waals surface area contributed by atoms with Crippen molar-refractivity contribution in [2.24, 2.45) is 17.8 Å². The van der Waals surface area contributed by atoms with E-state index in [9.17, 15) is 14.3 Å². The maximum Gasteiger partial charge on any atom is 0.320 e. The number of aliphatic carboxylic acids is 1. The fourth-order valence-electron chi connectivity index (χ4n) is 6.58. The molecule has 1 aliphatic carbocycles. The molecule has 5 heteroatoms. The first-order valence-corrected chi connectivity index (χ1v) is 14.4. The van der Waals surface area contributed by atoms with E-state index in [2.05, 4.69) is 47.5 Å². The number of hydrogen-bond acceptors (Lipinski definition) is 3. The fraction of sp³-hybridized carbons (Fsp3) is 0.594. The van der Waals surface area contributed by atoms with E-state index >= 15 is 0 Å². The van der Waals surface area contributed by atoms with Crippen molar-refractivity contribution in [3.8, 4) is 0 Å². The van der Waals surface area contributed by atoms with Gasteiger partial charge in [0.05, 0.1) is 0 Å². The number of piperidine rings is 1. The van der Waals surface area contributed by atoms with Crippen LogP contribution in [-0.4, -0.2) is 47.7 Å². The van der Waals surface area contributed by atoms with E-state index in [1.54, 1.807) is 12.1 Å². The first-order valence-electron chi connectivity index (χ1n) is 14.4. The highest BCUT2D eigenvalue weighted by Gasteiger charge is 2.38. The molecule has 2 fully saturated rings. The highest BCUT2D eigenvalue weighted by Crippen LogP contribution is 2.41. The van der Waals surface area contributed by atoms with Gasteiger partial charge in [-0.15, -0.1) is 0 Å². The predicted octanol–water partition coefficient (Wildman–Crippen LogP) is 6.51. The van der Waals surface area contributed by atoms with Crippen molar-refractivity contribution < 1.29 is 14.3 Å². The Kier molecular flexibility index (Phi) is 10.2. The van der Waals surface area contributed by atoms with Gasteiger partial charge in [-0.3, -0.25) is 4.79 Å². The zero-order valence-corrected chi connectivity index (χ0v) is 22.6. The second kappa shape index (κ2) is 13.5. The maximum absolute atomic E-state index is 13.1. The lowest BCUT2D eigenvalue weighted by Gasteiger charge is -2.35. The van der Waals surface area contributed by atoms with Crippen molar-refractivity contribution in [1.29, 1.82) is 0 Å². The highest BCUT2D eigenvalue weighted by atomic mass is 19.1. The van der Waals surface area contributed by atoms with E-state index in [1.165, 1.54) is 36.8 Å². The Morgan fingerprint density at radius 2 is 1.78 bits per heavy atom. The molecule has 1 aliphatic heterocycles. The molecular formula is C32H45FN2O2. The largest absolute Gasteiger partial charge is 0.480 e. The molecule has 0 amide bonds. The quantitative estimate of drug-likeness (QED) is 0.343. The minimum Gasteiger partial charge on any atom is -0.480 e. The average molecular weight is 509 g/mol. The van der Waals surface area contributed by atoms with Gasteiger partial charge in [0.15, 0.2) is 0 Å². The van der Waals surface area contributed by atoms with Gasteiger partial charge in [-0.1, -0.05) is 69.2 Å². The summed E-state index contributed by atoms with van der Waals surface area (Å²) in [4.78, 5) is 14.6. The molecule has 202 valence electrons. The van der Waals surface area contributed by atoms with Crippen LogP contribution in [0, 0.1) is 23.6 Å². The molecule has 2 aromatic rings. The molecule has 4 nitrogen and oxygen atoms in total. The van der Waals surface area contributed by atoms with Gasteiger partial charge in [-0.05, 0) is 98.5 Å². The SMILES string of the molecule is CC[C@H](C)[C@H](NC1C[C@H](CN2CCC(CCCc3ccc(F)cc3)CC2)[C@@H](c2ccccc2)C1)C(=O)O. The number of carbonyl (C=O) groups is 1. The summed E-state index contributed by atoms with van der Waals surface area (Å²) in [5.41, 5.74) is 2.62. The van der Waals surface area contributed by atoms with E-state index in [1.807, 2.05) is 19.1 Å². The molecule has 4 rings (SSSR count). The van der Waals surface area contributed by atoms with Crippen LogP contribution in [0.15, 0.2) is 54.6 Å². The van der Waals surface area contributed by atoms with Gasteiger partial charge in [0, 0.05) is 12.6 Å². The second-order valence-corrected chi connectivity index (χ2v) is 11.6. The van der Waals surface area contributed by atoms with Crippen LogP contribution < -0.4 is 5.32 Å². The maximum atomic E-state index is 13.1. The van der Waals surface area contributed by atoms with E-state index in [0.29, 0.717) is 11.8 Å². The van der Waals surface area contributed by atoms with Gasteiger partial charge in [-0.2, -0.15) is 0 Å². The third-order valence-electron chi connectivity index (χ3n) is 9.01. The van der Waals surface area contributed by atoms with Crippen LogP contribution in [0.1, 0.15) is 75.8 Å². The van der Waals surface area contributed by atoms with Crippen LogP contribution in [-0.2, 0) is 11.2 Å². The van der Waals surface area contributed by atoms with E-state index in [0.717, 1.165) is 51.2 Å². The van der Waals surface area contributed by atoms with Gasteiger partial charge in [0.1, 0.15) is 11.9 Å². The molecule has 2 aliphatic rings. The Morgan fingerprint density at radius 1 is 1.08 bits per heavy atom. The highest BCUT2D eigenvalue weighted by molar-refractivity contribution is 5.73. The molecule has 2 aromatic carbocycles. The minimum atomic E-state index is -0.726. The topological polar surface area (TPSA) is 52.6 Å². The number of hydrogen-bond donors (Lipinski definition) is 2. The number of nitrogens with zero attached hydrogens (tertiary/aromatic N) is 1. The van der Waals surface area contributed by atoms with Crippen molar-refractivity contribution >= 4 is 5.97 Å². The summed E-state index contributed by atoms with van der Waals surface area (Å²) in [6.45, 7) is 7.51. The summed E-state index contributed by atoms with van der Waals surface area (Å²) >= 11 is 0. The number of carboxylic acid groups (broad SMARTS) is 1. The van der Waals surface area contributed by atoms with Crippen LogP contribution in [0.4, 0.5) is 4.39 Å². The summed E-state index contributed by atoms with van der Waals surface area (Å²) in [5.74, 6) is 1.03. The zero-order chi connectivity index (χ0) is 26.2. The summed E-state index contributed by atoms with van der Waals surface area (Å²) in [6.07, 6.45) is 8.87. The molecule has 1 heterocycles. The number of likely N-dealkylation sites (tertiary alicyclic amines) is 1. The van der Waals surface area contributed by atoms with Gasteiger partial charge in [0.25, 0.3) is 0 Å². The number of carboxylic acids is 1. The summed E-state index contributed by atoms with van der Waals surface area (Å²) in [5, 5.41) is 13.4. The van der Waals surface area contributed by atoms with E-state index in [4.69, 9.17) is 0 Å². The van der Waals surface area contributed by atoms with Crippen LogP contribution in [0.25, 0.3) is 0 Å². The molecule has 5 atom stereocenters. The van der Waals surface area contributed by atoms with Crippen LogP contribution in [0.5, 0.6) is 0 Å². The molecular weight excluding hydrogens is 463 g/mol.